The van der Waals surface area contributed by atoms with Gasteiger partial charge < -0.3 is 5.11 Å². The first-order chi connectivity index (χ1) is 7.11. The van der Waals surface area contributed by atoms with E-state index in [0.29, 0.717) is 12.8 Å². The first kappa shape index (κ1) is 9.75. The van der Waals surface area contributed by atoms with Gasteiger partial charge in [-0.3, -0.25) is 4.79 Å². The standard InChI is InChI=1S/C8H11N3O4/c12-6(13)4-2-1-3-5(4)11-7(14)9-10-8(11)15/h4-5H,1-3H2,(H,9,14)(H,10,15)(H,12,13). The molecule has 7 heteroatoms. The zero-order valence-corrected chi connectivity index (χ0v) is 7.90. The van der Waals surface area contributed by atoms with Gasteiger partial charge in [0.2, 0.25) is 0 Å². The monoisotopic (exact) mass is 213 g/mol. The molecule has 7 nitrogen and oxygen atoms in total. The van der Waals surface area contributed by atoms with Crippen LogP contribution in [-0.2, 0) is 4.79 Å². The molecule has 0 spiro atoms. The number of H-pyrrole nitrogens is 2. The Hall–Kier alpha value is -1.79. The minimum absolute atomic E-state index is 0.511. The van der Waals surface area contributed by atoms with E-state index in [9.17, 15) is 14.4 Å². The van der Waals surface area contributed by atoms with E-state index in [0.717, 1.165) is 11.0 Å². The molecule has 0 bridgehead atoms. The number of aromatic nitrogens is 3. The predicted octanol–water partition coefficient (Wildman–Crippen LogP) is -0.710. The van der Waals surface area contributed by atoms with Gasteiger partial charge in [0.1, 0.15) is 0 Å². The summed E-state index contributed by atoms with van der Waals surface area (Å²) in [7, 11) is 0. The van der Waals surface area contributed by atoms with E-state index in [1.807, 2.05) is 0 Å². The molecule has 0 amide bonds. The largest absolute Gasteiger partial charge is 0.481 e. The van der Waals surface area contributed by atoms with E-state index in [2.05, 4.69) is 10.2 Å². The number of hydrogen-bond donors (Lipinski definition) is 3. The summed E-state index contributed by atoms with van der Waals surface area (Å²) in [6.45, 7) is 0. The molecule has 0 saturated heterocycles. The van der Waals surface area contributed by atoms with Crippen LogP contribution in [0.5, 0.6) is 0 Å². The summed E-state index contributed by atoms with van der Waals surface area (Å²) in [5, 5.41) is 13.2. The van der Waals surface area contributed by atoms with Crippen molar-refractivity contribution in [2.75, 3.05) is 0 Å². The van der Waals surface area contributed by atoms with Gasteiger partial charge >= 0.3 is 17.3 Å². The van der Waals surface area contributed by atoms with Crippen molar-refractivity contribution in [3.63, 3.8) is 0 Å². The first-order valence-corrected chi connectivity index (χ1v) is 4.73. The van der Waals surface area contributed by atoms with Crippen LogP contribution in [0, 0.1) is 5.92 Å². The van der Waals surface area contributed by atoms with E-state index in [1.165, 1.54) is 0 Å². The lowest BCUT2D eigenvalue weighted by molar-refractivity contribution is -0.142. The molecule has 1 heterocycles. The zero-order chi connectivity index (χ0) is 11.0. The Labute approximate surface area is 83.7 Å². The fourth-order valence-corrected chi connectivity index (χ4v) is 2.16. The van der Waals surface area contributed by atoms with Crippen LogP contribution in [0.2, 0.25) is 0 Å². The number of carboxylic acid groups (broad SMARTS) is 1. The quantitative estimate of drug-likeness (QED) is 0.603. The topological polar surface area (TPSA) is 108 Å². The summed E-state index contributed by atoms with van der Waals surface area (Å²) < 4.78 is 0.964. The summed E-state index contributed by atoms with van der Waals surface area (Å²) >= 11 is 0. The maximum atomic E-state index is 11.3. The maximum Gasteiger partial charge on any atom is 0.344 e. The highest BCUT2D eigenvalue weighted by Gasteiger charge is 2.36. The van der Waals surface area contributed by atoms with Crippen LogP contribution in [0.25, 0.3) is 0 Å². The molecule has 82 valence electrons. The third-order valence-electron chi connectivity index (χ3n) is 2.84. The maximum absolute atomic E-state index is 11.3. The van der Waals surface area contributed by atoms with Crippen LogP contribution >= 0.6 is 0 Å². The molecule has 3 N–H and O–H groups in total. The summed E-state index contributed by atoms with van der Waals surface area (Å²) in [4.78, 5) is 33.4. The van der Waals surface area contributed by atoms with Crippen LogP contribution in [0.1, 0.15) is 25.3 Å². The van der Waals surface area contributed by atoms with E-state index in [4.69, 9.17) is 5.11 Å². The molecule has 1 aromatic heterocycles. The molecule has 2 unspecified atom stereocenters. The third kappa shape index (κ3) is 1.49. The van der Waals surface area contributed by atoms with Gasteiger partial charge in [-0.25, -0.2) is 24.4 Å². The normalized spacial score (nSPS) is 25.6. The third-order valence-corrected chi connectivity index (χ3v) is 2.84. The molecule has 15 heavy (non-hydrogen) atoms. The molecule has 0 aromatic carbocycles. The minimum Gasteiger partial charge on any atom is -0.481 e. The molecule has 2 atom stereocenters. The highest BCUT2D eigenvalue weighted by molar-refractivity contribution is 5.71. The van der Waals surface area contributed by atoms with Gasteiger partial charge in [-0.05, 0) is 12.8 Å². The van der Waals surface area contributed by atoms with Crippen LogP contribution in [0.4, 0.5) is 0 Å². The molecule has 0 radical (unpaired) electrons. The molecule has 2 rings (SSSR count). The average molecular weight is 213 g/mol. The number of rotatable bonds is 2. The fraction of sp³-hybridized carbons (Fsp3) is 0.625. The summed E-state index contributed by atoms with van der Waals surface area (Å²) in [5.41, 5.74) is -1.14. The van der Waals surface area contributed by atoms with Crippen molar-refractivity contribution in [3.8, 4) is 0 Å². The lowest BCUT2D eigenvalue weighted by atomic mass is 10.0. The van der Waals surface area contributed by atoms with E-state index in [1.54, 1.807) is 0 Å². The second-order valence-corrected chi connectivity index (χ2v) is 3.67. The molecular weight excluding hydrogens is 202 g/mol. The zero-order valence-electron chi connectivity index (χ0n) is 7.90. The number of carbonyl (C=O) groups is 1. The van der Waals surface area contributed by atoms with E-state index in [-0.39, 0.29) is 0 Å². The number of nitrogens with one attached hydrogen (secondary N) is 2. The average Bonchev–Trinajstić information content (AvgIpc) is 2.73. The summed E-state index contributed by atoms with van der Waals surface area (Å²) in [6.07, 6.45) is 1.79. The Morgan fingerprint density at radius 3 is 2.40 bits per heavy atom. The van der Waals surface area contributed by atoms with Crippen molar-refractivity contribution in [1.82, 2.24) is 14.8 Å². The van der Waals surface area contributed by atoms with Crippen LogP contribution in [-0.4, -0.2) is 25.8 Å². The second-order valence-electron chi connectivity index (χ2n) is 3.67. The number of aromatic amines is 2. The first-order valence-electron chi connectivity index (χ1n) is 4.73. The molecule has 1 saturated carbocycles. The Kier molecular flexibility index (Phi) is 2.22. The molecule has 0 aliphatic heterocycles. The molecular formula is C8H11N3O4. The summed E-state index contributed by atoms with van der Waals surface area (Å²) in [6, 6.07) is -0.523. The van der Waals surface area contributed by atoms with Gasteiger partial charge in [-0.15, -0.1) is 0 Å². The SMILES string of the molecule is O=C(O)C1CCCC1n1c(=O)[nH][nH]c1=O. The fourth-order valence-electron chi connectivity index (χ4n) is 2.16. The van der Waals surface area contributed by atoms with Crippen LogP contribution in [0.3, 0.4) is 0 Å². The Balaban J connectivity index is 2.43. The lowest BCUT2D eigenvalue weighted by Crippen LogP contribution is -2.35. The highest BCUT2D eigenvalue weighted by Crippen LogP contribution is 2.33. The number of carboxylic acids is 1. The Morgan fingerprint density at radius 1 is 1.27 bits per heavy atom. The number of hydrogen-bond acceptors (Lipinski definition) is 3. The lowest BCUT2D eigenvalue weighted by Gasteiger charge is -2.14. The summed E-state index contributed by atoms with van der Waals surface area (Å²) in [5.74, 6) is -1.59. The van der Waals surface area contributed by atoms with Crippen molar-refractivity contribution in [2.45, 2.75) is 25.3 Å². The van der Waals surface area contributed by atoms with Crippen molar-refractivity contribution in [1.29, 1.82) is 0 Å². The Bertz CT molecular complexity index is 455. The van der Waals surface area contributed by atoms with Crippen molar-refractivity contribution >= 4 is 5.97 Å². The smallest absolute Gasteiger partial charge is 0.344 e. The van der Waals surface area contributed by atoms with E-state index >= 15 is 0 Å². The van der Waals surface area contributed by atoms with Gasteiger partial charge in [-0.2, -0.15) is 0 Å². The Morgan fingerprint density at radius 2 is 1.87 bits per heavy atom. The van der Waals surface area contributed by atoms with Crippen LogP contribution in [0.15, 0.2) is 9.59 Å². The van der Waals surface area contributed by atoms with Gasteiger partial charge in [-0.1, -0.05) is 6.42 Å². The van der Waals surface area contributed by atoms with Crippen molar-refractivity contribution in [3.05, 3.63) is 21.0 Å². The molecule has 1 fully saturated rings. The number of aliphatic carboxylic acids is 1. The highest BCUT2D eigenvalue weighted by atomic mass is 16.4. The second kappa shape index (κ2) is 3.41. The number of nitrogens with zero attached hydrogens (tertiary/aromatic N) is 1. The minimum atomic E-state index is -0.954. The van der Waals surface area contributed by atoms with Gasteiger partial charge in [0, 0.05) is 0 Å². The molecule has 1 aromatic rings. The van der Waals surface area contributed by atoms with E-state index < -0.39 is 29.3 Å². The van der Waals surface area contributed by atoms with Crippen LogP contribution < -0.4 is 11.4 Å². The molecule has 1 aliphatic rings. The van der Waals surface area contributed by atoms with Crippen molar-refractivity contribution in [2.24, 2.45) is 5.92 Å². The molecule has 1 aliphatic carbocycles. The van der Waals surface area contributed by atoms with Crippen molar-refractivity contribution < 1.29 is 9.90 Å². The van der Waals surface area contributed by atoms with Gasteiger partial charge in [0.15, 0.2) is 0 Å². The van der Waals surface area contributed by atoms with Gasteiger partial charge in [0.05, 0.1) is 12.0 Å². The predicted molar refractivity (Wildman–Crippen MR) is 49.7 cm³/mol. The van der Waals surface area contributed by atoms with Gasteiger partial charge in [0.25, 0.3) is 0 Å².